The SMILES string of the molecule is CC(=O)Nc1cc(-c2ccc(Cl)nc2Cl)ncc1Cl. The van der Waals surface area contributed by atoms with Gasteiger partial charge in [-0.05, 0) is 18.2 Å². The smallest absolute Gasteiger partial charge is 0.221 e. The first-order chi connectivity index (χ1) is 8.97. The van der Waals surface area contributed by atoms with Crippen LogP contribution in [0.3, 0.4) is 0 Å². The Labute approximate surface area is 124 Å². The monoisotopic (exact) mass is 315 g/mol. The number of rotatable bonds is 2. The number of pyridine rings is 2. The van der Waals surface area contributed by atoms with Crippen molar-refractivity contribution in [1.29, 1.82) is 0 Å². The fraction of sp³-hybridized carbons (Fsp3) is 0.0833. The summed E-state index contributed by atoms with van der Waals surface area (Å²) in [6.07, 6.45) is 1.44. The van der Waals surface area contributed by atoms with Crippen molar-refractivity contribution in [3.8, 4) is 11.3 Å². The average molecular weight is 317 g/mol. The minimum absolute atomic E-state index is 0.223. The zero-order valence-electron chi connectivity index (χ0n) is 9.75. The summed E-state index contributed by atoms with van der Waals surface area (Å²) in [6, 6.07) is 4.93. The van der Waals surface area contributed by atoms with Crippen LogP contribution < -0.4 is 5.32 Å². The lowest BCUT2D eigenvalue weighted by Crippen LogP contribution is -2.06. The number of carbonyl (C=O) groups excluding carboxylic acids is 1. The lowest BCUT2D eigenvalue weighted by atomic mass is 10.2. The Bertz CT molecular complexity index is 646. The molecule has 0 aliphatic rings. The van der Waals surface area contributed by atoms with Gasteiger partial charge >= 0.3 is 0 Å². The molecule has 0 bridgehead atoms. The second-order valence-electron chi connectivity index (χ2n) is 3.70. The minimum atomic E-state index is -0.223. The molecule has 2 aromatic rings. The molecule has 0 radical (unpaired) electrons. The lowest BCUT2D eigenvalue weighted by molar-refractivity contribution is -0.114. The van der Waals surface area contributed by atoms with E-state index in [0.29, 0.717) is 27.1 Å². The first-order valence-corrected chi connectivity index (χ1v) is 6.36. The third-order valence-electron chi connectivity index (χ3n) is 2.26. The number of hydrogen-bond acceptors (Lipinski definition) is 3. The fourth-order valence-electron chi connectivity index (χ4n) is 1.47. The van der Waals surface area contributed by atoms with Crippen LogP contribution in [0.4, 0.5) is 5.69 Å². The van der Waals surface area contributed by atoms with E-state index in [1.807, 2.05) is 0 Å². The molecule has 0 aliphatic carbocycles. The molecule has 1 amide bonds. The highest BCUT2D eigenvalue weighted by Gasteiger charge is 2.10. The summed E-state index contributed by atoms with van der Waals surface area (Å²) >= 11 is 17.7. The topological polar surface area (TPSA) is 54.9 Å². The Morgan fingerprint density at radius 2 is 2.00 bits per heavy atom. The molecule has 0 spiro atoms. The number of carbonyl (C=O) groups is 1. The van der Waals surface area contributed by atoms with Crippen LogP contribution in [0.1, 0.15) is 6.92 Å². The normalized spacial score (nSPS) is 10.3. The number of nitrogens with zero attached hydrogens (tertiary/aromatic N) is 2. The predicted octanol–water partition coefficient (Wildman–Crippen LogP) is 4.06. The van der Waals surface area contributed by atoms with E-state index in [2.05, 4.69) is 15.3 Å². The number of anilines is 1. The highest BCUT2D eigenvalue weighted by atomic mass is 35.5. The van der Waals surface area contributed by atoms with Gasteiger partial charge in [0.05, 0.1) is 16.4 Å². The molecular weight excluding hydrogens is 309 g/mol. The maximum atomic E-state index is 11.1. The van der Waals surface area contributed by atoms with E-state index in [1.165, 1.54) is 13.1 Å². The van der Waals surface area contributed by atoms with Crippen molar-refractivity contribution in [3.05, 3.63) is 39.7 Å². The number of amides is 1. The summed E-state index contributed by atoms with van der Waals surface area (Å²) in [5, 5.41) is 3.49. The van der Waals surface area contributed by atoms with Crippen LogP contribution in [0, 0.1) is 0 Å². The van der Waals surface area contributed by atoms with Gasteiger partial charge in [0.2, 0.25) is 5.91 Å². The molecule has 2 rings (SSSR count). The molecule has 2 aromatic heterocycles. The van der Waals surface area contributed by atoms with Crippen LogP contribution in [0.15, 0.2) is 24.4 Å². The standard InChI is InChI=1S/C12H8Cl3N3O/c1-6(19)17-10-4-9(16-5-8(10)13)7-2-3-11(14)18-12(7)15/h2-5H,1H3,(H,16,17,19). The molecular formula is C12H8Cl3N3O. The van der Waals surface area contributed by atoms with E-state index < -0.39 is 0 Å². The Balaban J connectivity index is 2.48. The van der Waals surface area contributed by atoms with Crippen molar-refractivity contribution >= 4 is 46.4 Å². The zero-order valence-corrected chi connectivity index (χ0v) is 12.0. The van der Waals surface area contributed by atoms with Crippen LogP contribution in [-0.4, -0.2) is 15.9 Å². The second kappa shape index (κ2) is 5.74. The van der Waals surface area contributed by atoms with Gasteiger partial charge in [-0.1, -0.05) is 34.8 Å². The molecule has 19 heavy (non-hydrogen) atoms. The van der Waals surface area contributed by atoms with Gasteiger partial charge in [0.15, 0.2) is 0 Å². The summed E-state index contributed by atoms with van der Waals surface area (Å²) < 4.78 is 0. The van der Waals surface area contributed by atoms with Crippen molar-refractivity contribution in [2.45, 2.75) is 6.92 Å². The van der Waals surface area contributed by atoms with E-state index >= 15 is 0 Å². The molecule has 0 unspecified atom stereocenters. The fourth-order valence-corrected chi connectivity index (χ4v) is 2.07. The van der Waals surface area contributed by atoms with E-state index in [1.54, 1.807) is 18.2 Å². The number of hydrogen-bond donors (Lipinski definition) is 1. The summed E-state index contributed by atoms with van der Waals surface area (Å²) in [7, 11) is 0. The third-order valence-corrected chi connectivity index (χ3v) is 3.06. The Morgan fingerprint density at radius 1 is 1.26 bits per heavy atom. The lowest BCUT2D eigenvalue weighted by Gasteiger charge is -2.08. The molecule has 98 valence electrons. The molecule has 0 saturated carbocycles. The van der Waals surface area contributed by atoms with Crippen LogP contribution in [-0.2, 0) is 4.79 Å². The maximum absolute atomic E-state index is 11.1. The van der Waals surface area contributed by atoms with Gasteiger partial charge in [-0.3, -0.25) is 9.78 Å². The molecule has 2 heterocycles. The van der Waals surface area contributed by atoms with Gasteiger partial charge in [-0.15, -0.1) is 0 Å². The van der Waals surface area contributed by atoms with Gasteiger partial charge in [0, 0.05) is 18.7 Å². The maximum Gasteiger partial charge on any atom is 0.221 e. The van der Waals surface area contributed by atoms with Crippen LogP contribution in [0.25, 0.3) is 11.3 Å². The van der Waals surface area contributed by atoms with Gasteiger partial charge in [0.25, 0.3) is 0 Å². The summed E-state index contributed by atoms with van der Waals surface area (Å²) in [5.41, 5.74) is 1.61. The predicted molar refractivity (Wildman–Crippen MR) is 76.8 cm³/mol. The number of halogens is 3. The number of nitrogens with one attached hydrogen (secondary N) is 1. The number of aromatic nitrogens is 2. The van der Waals surface area contributed by atoms with Gasteiger partial charge in [-0.2, -0.15) is 0 Å². The third kappa shape index (κ3) is 3.35. The van der Waals surface area contributed by atoms with Crippen molar-refractivity contribution in [2.75, 3.05) is 5.32 Å². The second-order valence-corrected chi connectivity index (χ2v) is 4.86. The van der Waals surface area contributed by atoms with Crippen molar-refractivity contribution in [2.24, 2.45) is 0 Å². The first kappa shape index (κ1) is 14.1. The van der Waals surface area contributed by atoms with Gasteiger partial charge < -0.3 is 5.32 Å². The first-order valence-electron chi connectivity index (χ1n) is 5.23. The summed E-state index contributed by atoms with van der Waals surface area (Å²) in [6.45, 7) is 1.40. The quantitative estimate of drug-likeness (QED) is 0.850. The van der Waals surface area contributed by atoms with Crippen LogP contribution in [0.5, 0.6) is 0 Å². The average Bonchev–Trinajstić information content (AvgIpc) is 2.32. The van der Waals surface area contributed by atoms with Gasteiger partial charge in [0.1, 0.15) is 10.3 Å². The van der Waals surface area contributed by atoms with Crippen LogP contribution >= 0.6 is 34.8 Å². The molecule has 4 nitrogen and oxygen atoms in total. The molecule has 7 heteroatoms. The Kier molecular flexibility index (Phi) is 4.24. The largest absolute Gasteiger partial charge is 0.325 e. The van der Waals surface area contributed by atoms with E-state index in [9.17, 15) is 4.79 Å². The highest BCUT2D eigenvalue weighted by Crippen LogP contribution is 2.30. The molecule has 0 atom stereocenters. The van der Waals surface area contributed by atoms with Gasteiger partial charge in [-0.25, -0.2) is 4.98 Å². The van der Waals surface area contributed by atoms with E-state index in [4.69, 9.17) is 34.8 Å². The van der Waals surface area contributed by atoms with Crippen molar-refractivity contribution in [3.63, 3.8) is 0 Å². The zero-order chi connectivity index (χ0) is 14.0. The molecule has 0 aromatic carbocycles. The molecule has 0 aliphatic heterocycles. The van der Waals surface area contributed by atoms with E-state index in [0.717, 1.165) is 0 Å². The van der Waals surface area contributed by atoms with Crippen molar-refractivity contribution < 1.29 is 4.79 Å². The van der Waals surface area contributed by atoms with Crippen molar-refractivity contribution in [1.82, 2.24) is 9.97 Å². The van der Waals surface area contributed by atoms with E-state index in [-0.39, 0.29) is 11.1 Å². The molecule has 1 N–H and O–H groups in total. The molecule has 0 fully saturated rings. The Morgan fingerprint density at radius 3 is 2.63 bits per heavy atom. The Hall–Kier alpha value is -1.36. The summed E-state index contributed by atoms with van der Waals surface area (Å²) in [5.74, 6) is -0.223. The van der Waals surface area contributed by atoms with Crippen LogP contribution in [0.2, 0.25) is 15.3 Å². The summed E-state index contributed by atoms with van der Waals surface area (Å²) in [4.78, 5) is 19.2. The highest BCUT2D eigenvalue weighted by molar-refractivity contribution is 6.35. The molecule has 0 saturated heterocycles. The minimum Gasteiger partial charge on any atom is -0.325 e.